The van der Waals surface area contributed by atoms with E-state index in [9.17, 15) is 4.79 Å². The Hall–Kier alpha value is -0.0500. The number of carboxylic acids is 1. The number of rotatable bonds is 4. The first-order valence-electron chi connectivity index (χ1n) is 3.26. The molecule has 0 atom stereocenters. The van der Waals surface area contributed by atoms with Crippen LogP contribution in [-0.2, 0) is 4.79 Å². The number of carbonyl (C=O) groups is 1. The summed E-state index contributed by atoms with van der Waals surface area (Å²) in [6, 6.07) is 0. The van der Waals surface area contributed by atoms with Crippen LogP contribution in [0.5, 0.6) is 0 Å². The molecule has 0 aliphatic rings. The molecule has 0 heterocycles. The van der Waals surface area contributed by atoms with Gasteiger partial charge >= 0.3 is 5.97 Å². The minimum absolute atomic E-state index is 0.110. The van der Waals surface area contributed by atoms with E-state index in [1.54, 1.807) is 0 Å². The zero-order valence-electron chi connectivity index (χ0n) is 6.35. The second kappa shape index (κ2) is 3.96. The van der Waals surface area contributed by atoms with E-state index < -0.39 is 5.97 Å². The molecule has 0 aromatic heterocycles. The molecule has 0 saturated heterocycles. The van der Waals surface area contributed by atoms with E-state index in [4.69, 9.17) is 5.11 Å². The number of halogens is 1. The van der Waals surface area contributed by atoms with Gasteiger partial charge in [-0.15, -0.1) is 0 Å². The molecule has 1 N–H and O–H groups in total. The molecule has 0 aromatic rings. The van der Waals surface area contributed by atoms with E-state index in [0.717, 1.165) is 11.8 Å². The van der Waals surface area contributed by atoms with Crippen LogP contribution in [-0.4, -0.2) is 16.4 Å². The molecule has 0 fully saturated rings. The van der Waals surface area contributed by atoms with Gasteiger partial charge in [-0.05, 0) is 11.8 Å². The Labute approximate surface area is 69.8 Å². The molecule has 0 amide bonds. The van der Waals surface area contributed by atoms with Gasteiger partial charge in [0, 0.05) is 11.8 Å². The third-order valence-corrected chi connectivity index (χ3v) is 2.90. The molecule has 0 radical (unpaired) electrons. The van der Waals surface area contributed by atoms with Crippen molar-refractivity contribution in [3.8, 4) is 0 Å². The summed E-state index contributed by atoms with van der Waals surface area (Å²) in [6.07, 6.45) is 0.992. The van der Waals surface area contributed by atoms with Gasteiger partial charge < -0.3 is 5.11 Å². The van der Waals surface area contributed by atoms with Crippen LogP contribution >= 0.6 is 15.9 Å². The normalized spacial score (nSPS) is 11.5. The van der Waals surface area contributed by atoms with Crippen LogP contribution in [0.3, 0.4) is 0 Å². The van der Waals surface area contributed by atoms with Crippen LogP contribution in [0.25, 0.3) is 0 Å². The molecule has 0 aromatic carbocycles. The van der Waals surface area contributed by atoms with Gasteiger partial charge in [0.05, 0.1) is 0 Å². The van der Waals surface area contributed by atoms with Gasteiger partial charge in [0.15, 0.2) is 0 Å². The Balaban J connectivity index is 3.56. The molecule has 0 saturated carbocycles. The molecule has 0 spiro atoms. The molecule has 2 nitrogen and oxygen atoms in total. The summed E-state index contributed by atoms with van der Waals surface area (Å²) in [6.45, 7) is 4.09. The van der Waals surface area contributed by atoms with Crippen molar-refractivity contribution in [2.24, 2.45) is 5.41 Å². The lowest BCUT2D eigenvalue weighted by atomic mass is 9.91. The van der Waals surface area contributed by atoms with Crippen LogP contribution < -0.4 is 0 Å². The largest absolute Gasteiger partial charge is 0.481 e. The predicted octanol–water partition coefficient (Wildman–Crippen LogP) is 2.27. The molecule has 0 aliphatic heterocycles. The molecule has 0 bridgehead atoms. The molecule has 10 heavy (non-hydrogen) atoms. The fraction of sp³-hybridized carbons (Fsp3) is 0.857. The van der Waals surface area contributed by atoms with Crippen LogP contribution in [0.2, 0.25) is 0 Å². The predicted molar refractivity (Wildman–Crippen MR) is 44.4 cm³/mol. The summed E-state index contributed by atoms with van der Waals surface area (Å²) in [5.41, 5.74) is 0.110. The van der Waals surface area contributed by atoms with Gasteiger partial charge in [-0.25, -0.2) is 0 Å². The van der Waals surface area contributed by atoms with Crippen LogP contribution in [0, 0.1) is 5.41 Å². The summed E-state index contributed by atoms with van der Waals surface area (Å²) in [5.74, 6) is -0.714. The first-order valence-corrected chi connectivity index (χ1v) is 4.38. The second-order valence-corrected chi connectivity index (χ2v) is 3.75. The molecule has 0 aliphatic carbocycles. The zero-order valence-corrected chi connectivity index (χ0v) is 7.94. The molecule has 0 unspecified atom stereocenters. The van der Waals surface area contributed by atoms with Gasteiger partial charge in [-0.2, -0.15) is 0 Å². The smallest absolute Gasteiger partial charge is 0.303 e. The fourth-order valence-electron chi connectivity index (χ4n) is 0.512. The zero-order chi connectivity index (χ0) is 8.20. The van der Waals surface area contributed by atoms with Crippen molar-refractivity contribution in [3.05, 3.63) is 0 Å². The van der Waals surface area contributed by atoms with E-state index in [0.29, 0.717) is 0 Å². The summed E-state index contributed by atoms with van der Waals surface area (Å²) in [5, 5.41) is 9.21. The minimum atomic E-state index is -0.714. The third kappa shape index (κ3) is 4.79. The molecule has 3 heteroatoms. The summed E-state index contributed by atoms with van der Waals surface area (Å²) in [4.78, 5) is 10.1. The number of hydrogen-bond acceptors (Lipinski definition) is 1. The highest BCUT2D eigenvalue weighted by Crippen LogP contribution is 2.24. The van der Waals surface area contributed by atoms with Crippen molar-refractivity contribution in [3.63, 3.8) is 0 Å². The molecule has 0 rings (SSSR count). The highest BCUT2D eigenvalue weighted by Gasteiger charge is 2.16. The minimum Gasteiger partial charge on any atom is -0.481 e. The van der Waals surface area contributed by atoms with Crippen molar-refractivity contribution < 1.29 is 9.90 Å². The maximum atomic E-state index is 10.1. The Morgan fingerprint density at radius 1 is 1.60 bits per heavy atom. The lowest BCUT2D eigenvalue weighted by Crippen LogP contribution is -2.14. The fourth-order valence-corrected chi connectivity index (χ4v) is 0.793. The van der Waals surface area contributed by atoms with Gasteiger partial charge in [0.2, 0.25) is 0 Å². The Morgan fingerprint density at radius 3 is 2.40 bits per heavy atom. The van der Waals surface area contributed by atoms with Crippen molar-refractivity contribution in [2.75, 3.05) is 5.33 Å². The van der Waals surface area contributed by atoms with Gasteiger partial charge in [-0.1, -0.05) is 29.8 Å². The van der Waals surface area contributed by atoms with Crippen molar-refractivity contribution >= 4 is 21.9 Å². The Kier molecular flexibility index (Phi) is 3.94. The standard InChI is InChI=1S/C7H13BrO2/c1-7(2,5-8)4-3-6(9)10/h3-5H2,1-2H3,(H,9,10). The van der Waals surface area contributed by atoms with Crippen LogP contribution in [0.1, 0.15) is 26.7 Å². The highest BCUT2D eigenvalue weighted by atomic mass is 79.9. The molecular formula is C7H13BrO2. The SMILES string of the molecule is CC(C)(CBr)CCC(=O)O. The lowest BCUT2D eigenvalue weighted by Gasteiger charge is -2.19. The topological polar surface area (TPSA) is 37.3 Å². The van der Waals surface area contributed by atoms with Crippen molar-refractivity contribution in [2.45, 2.75) is 26.7 Å². The van der Waals surface area contributed by atoms with E-state index in [1.165, 1.54) is 0 Å². The number of hydrogen-bond donors (Lipinski definition) is 1. The molecule has 60 valence electrons. The Bertz CT molecular complexity index is 121. The third-order valence-electron chi connectivity index (χ3n) is 1.38. The van der Waals surface area contributed by atoms with E-state index in [1.807, 2.05) is 13.8 Å². The first-order chi connectivity index (χ1) is 4.48. The highest BCUT2D eigenvalue weighted by molar-refractivity contribution is 9.09. The lowest BCUT2D eigenvalue weighted by molar-refractivity contribution is -0.137. The maximum absolute atomic E-state index is 10.1. The Morgan fingerprint density at radius 2 is 2.10 bits per heavy atom. The van der Waals surface area contributed by atoms with E-state index in [2.05, 4.69) is 15.9 Å². The summed E-state index contributed by atoms with van der Waals surface area (Å²) in [7, 11) is 0. The quantitative estimate of drug-likeness (QED) is 0.721. The van der Waals surface area contributed by atoms with Gasteiger partial charge in [0.25, 0.3) is 0 Å². The monoisotopic (exact) mass is 208 g/mol. The van der Waals surface area contributed by atoms with E-state index in [-0.39, 0.29) is 11.8 Å². The second-order valence-electron chi connectivity index (χ2n) is 3.19. The molecular weight excluding hydrogens is 196 g/mol. The summed E-state index contributed by atoms with van der Waals surface area (Å²) >= 11 is 3.33. The average Bonchev–Trinajstić information content (AvgIpc) is 1.85. The maximum Gasteiger partial charge on any atom is 0.303 e. The van der Waals surface area contributed by atoms with Crippen molar-refractivity contribution in [1.29, 1.82) is 0 Å². The average molecular weight is 209 g/mol. The van der Waals surface area contributed by atoms with Crippen molar-refractivity contribution in [1.82, 2.24) is 0 Å². The van der Waals surface area contributed by atoms with Gasteiger partial charge in [-0.3, -0.25) is 4.79 Å². The van der Waals surface area contributed by atoms with E-state index >= 15 is 0 Å². The number of aliphatic carboxylic acids is 1. The number of carboxylic acid groups (broad SMARTS) is 1. The van der Waals surface area contributed by atoms with Crippen LogP contribution in [0.4, 0.5) is 0 Å². The summed E-state index contributed by atoms with van der Waals surface area (Å²) < 4.78 is 0. The van der Waals surface area contributed by atoms with Gasteiger partial charge in [0.1, 0.15) is 0 Å². The van der Waals surface area contributed by atoms with Crippen LogP contribution in [0.15, 0.2) is 0 Å². The first kappa shape index (κ1) is 9.95. The number of alkyl halides is 1.